The van der Waals surface area contributed by atoms with Crippen molar-refractivity contribution in [3.05, 3.63) is 47.4 Å². The molecule has 1 fully saturated rings. The number of rotatable bonds is 3. The summed E-state index contributed by atoms with van der Waals surface area (Å²) in [5.41, 5.74) is 1.45. The molecule has 0 aromatic carbocycles. The zero-order valence-electron chi connectivity index (χ0n) is 14.7. The maximum absolute atomic E-state index is 8.89. The summed E-state index contributed by atoms with van der Waals surface area (Å²) in [4.78, 5) is 12.9. The Morgan fingerprint density at radius 1 is 0.963 bits per heavy atom. The molecular formula is C18H17ClN8. The van der Waals surface area contributed by atoms with Crippen LogP contribution in [0.15, 0.2) is 36.7 Å². The molecule has 0 bridgehead atoms. The highest BCUT2D eigenvalue weighted by atomic mass is 35.5. The Bertz CT molecular complexity index is 966. The van der Waals surface area contributed by atoms with Crippen molar-refractivity contribution < 1.29 is 0 Å². The molecule has 0 saturated carbocycles. The predicted octanol–water partition coefficient (Wildman–Crippen LogP) is 2.12. The van der Waals surface area contributed by atoms with Crippen LogP contribution in [0, 0.1) is 11.3 Å². The molecule has 1 aliphatic heterocycles. The average molecular weight is 381 g/mol. The van der Waals surface area contributed by atoms with Gasteiger partial charge in [-0.25, -0.2) is 9.97 Å². The monoisotopic (exact) mass is 380 g/mol. The van der Waals surface area contributed by atoms with Gasteiger partial charge in [0.2, 0.25) is 5.95 Å². The third-order valence-electron chi connectivity index (χ3n) is 4.60. The molecule has 4 rings (SSSR count). The quantitative estimate of drug-likeness (QED) is 0.643. The first kappa shape index (κ1) is 17.2. The lowest BCUT2D eigenvalue weighted by Gasteiger charge is -2.35. The van der Waals surface area contributed by atoms with E-state index in [0.717, 1.165) is 49.3 Å². The van der Waals surface area contributed by atoms with Crippen LogP contribution in [0.25, 0.3) is 11.4 Å². The molecule has 0 atom stereocenters. The zero-order chi connectivity index (χ0) is 18.8. The molecule has 0 spiro atoms. The molecule has 3 aromatic rings. The van der Waals surface area contributed by atoms with Crippen LogP contribution in [0.3, 0.4) is 0 Å². The highest BCUT2D eigenvalue weighted by Gasteiger charge is 2.23. The normalized spacial score (nSPS) is 14.3. The van der Waals surface area contributed by atoms with E-state index < -0.39 is 0 Å². The van der Waals surface area contributed by atoms with E-state index >= 15 is 0 Å². The minimum absolute atomic E-state index is 0.452. The molecule has 0 aliphatic carbocycles. The Labute approximate surface area is 161 Å². The van der Waals surface area contributed by atoms with E-state index in [2.05, 4.69) is 36.0 Å². The van der Waals surface area contributed by atoms with Crippen molar-refractivity contribution >= 4 is 23.4 Å². The number of nitriles is 1. The molecule has 4 heterocycles. The molecule has 27 heavy (non-hydrogen) atoms. The fraction of sp³-hybridized carbons (Fsp3) is 0.278. The number of nitrogens with zero attached hydrogens (tertiary/aromatic N) is 8. The van der Waals surface area contributed by atoms with Gasteiger partial charge in [0.25, 0.3) is 0 Å². The van der Waals surface area contributed by atoms with Gasteiger partial charge < -0.3 is 9.80 Å². The van der Waals surface area contributed by atoms with Crippen molar-refractivity contribution in [1.82, 2.24) is 24.7 Å². The molecule has 9 heteroatoms. The van der Waals surface area contributed by atoms with Crippen molar-refractivity contribution in [2.75, 3.05) is 36.0 Å². The third kappa shape index (κ3) is 3.41. The second kappa shape index (κ2) is 7.21. The van der Waals surface area contributed by atoms with Gasteiger partial charge >= 0.3 is 0 Å². The number of aromatic nitrogens is 5. The standard InChI is InChI=1S/C18H17ClN8/c1-25-17(14-3-4-15(19)21-12-14)23-24-18(25)27-8-6-26(7-9-27)16-5-2-13(10-20)11-22-16/h2-5,11-12H,6-9H2,1H3. The van der Waals surface area contributed by atoms with E-state index in [1.165, 1.54) is 0 Å². The van der Waals surface area contributed by atoms with Crippen molar-refractivity contribution in [1.29, 1.82) is 5.26 Å². The summed E-state index contributed by atoms with van der Waals surface area (Å²) in [7, 11) is 1.95. The van der Waals surface area contributed by atoms with Gasteiger partial charge in [-0.1, -0.05) is 11.6 Å². The zero-order valence-corrected chi connectivity index (χ0v) is 15.5. The van der Waals surface area contributed by atoms with Crippen molar-refractivity contribution in [3.8, 4) is 17.5 Å². The fourth-order valence-corrected chi connectivity index (χ4v) is 3.24. The van der Waals surface area contributed by atoms with Crippen LogP contribution < -0.4 is 9.80 Å². The van der Waals surface area contributed by atoms with Gasteiger partial charge in [-0.15, -0.1) is 10.2 Å². The van der Waals surface area contributed by atoms with Crippen LogP contribution >= 0.6 is 11.6 Å². The van der Waals surface area contributed by atoms with Crippen molar-refractivity contribution in [2.24, 2.45) is 7.05 Å². The van der Waals surface area contributed by atoms with Gasteiger partial charge in [0.15, 0.2) is 5.82 Å². The minimum Gasteiger partial charge on any atom is -0.353 e. The molecular weight excluding hydrogens is 364 g/mol. The minimum atomic E-state index is 0.452. The molecule has 1 aliphatic rings. The lowest BCUT2D eigenvalue weighted by Crippen LogP contribution is -2.47. The number of pyridine rings is 2. The maximum atomic E-state index is 8.89. The summed E-state index contributed by atoms with van der Waals surface area (Å²) in [6.45, 7) is 3.27. The van der Waals surface area contributed by atoms with E-state index in [9.17, 15) is 0 Å². The molecule has 8 nitrogen and oxygen atoms in total. The first-order chi connectivity index (χ1) is 13.2. The smallest absolute Gasteiger partial charge is 0.227 e. The van der Waals surface area contributed by atoms with E-state index in [1.807, 2.05) is 23.7 Å². The Hall–Kier alpha value is -3.18. The second-order valence-corrected chi connectivity index (χ2v) is 6.63. The van der Waals surface area contributed by atoms with Crippen LogP contribution in [-0.4, -0.2) is 50.9 Å². The van der Waals surface area contributed by atoms with Crippen LogP contribution in [0.2, 0.25) is 5.15 Å². The molecule has 0 unspecified atom stereocenters. The van der Waals surface area contributed by atoms with E-state index in [4.69, 9.17) is 16.9 Å². The summed E-state index contributed by atoms with van der Waals surface area (Å²) in [6, 6.07) is 9.41. The van der Waals surface area contributed by atoms with Gasteiger partial charge in [0, 0.05) is 51.2 Å². The first-order valence-electron chi connectivity index (χ1n) is 8.53. The summed E-state index contributed by atoms with van der Waals surface area (Å²) in [5.74, 6) is 2.47. The fourth-order valence-electron chi connectivity index (χ4n) is 3.13. The van der Waals surface area contributed by atoms with Crippen LogP contribution in [-0.2, 0) is 7.05 Å². The van der Waals surface area contributed by atoms with Crippen LogP contribution in [0.1, 0.15) is 5.56 Å². The Morgan fingerprint density at radius 2 is 1.74 bits per heavy atom. The van der Waals surface area contributed by atoms with Gasteiger partial charge in [-0.05, 0) is 24.3 Å². The topological polar surface area (TPSA) is 86.8 Å². The summed E-state index contributed by atoms with van der Waals surface area (Å²) in [6.07, 6.45) is 3.31. The number of piperazine rings is 1. The lowest BCUT2D eigenvalue weighted by atomic mass is 10.2. The second-order valence-electron chi connectivity index (χ2n) is 6.24. The summed E-state index contributed by atoms with van der Waals surface area (Å²) < 4.78 is 1.97. The number of hydrogen-bond acceptors (Lipinski definition) is 7. The summed E-state index contributed by atoms with van der Waals surface area (Å²) in [5, 5.41) is 18.0. The van der Waals surface area contributed by atoms with Gasteiger partial charge in [-0.2, -0.15) is 5.26 Å². The molecule has 136 valence electrons. The molecule has 1 saturated heterocycles. The number of hydrogen-bond donors (Lipinski definition) is 0. The average Bonchev–Trinajstić information content (AvgIpc) is 3.10. The molecule has 0 amide bonds. The van der Waals surface area contributed by atoms with Gasteiger partial charge in [0.1, 0.15) is 17.0 Å². The van der Waals surface area contributed by atoms with Crippen molar-refractivity contribution in [2.45, 2.75) is 0 Å². The van der Waals surface area contributed by atoms with Crippen molar-refractivity contribution in [3.63, 3.8) is 0 Å². The maximum Gasteiger partial charge on any atom is 0.227 e. The van der Waals surface area contributed by atoms with Crippen LogP contribution in [0.5, 0.6) is 0 Å². The molecule has 0 radical (unpaired) electrons. The molecule has 0 N–H and O–H groups in total. The largest absolute Gasteiger partial charge is 0.353 e. The summed E-state index contributed by atoms with van der Waals surface area (Å²) >= 11 is 5.86. The third-order valence-corrected chi connectivity index (χ3v) is 4.82. The number of anilines is 2. The molecule has 3 aromatic heterocycles. The Kier molecular flexibility index (Phi) is 4.60. The SMILES string of the molecule is Cn1c(-c2ccc(Cl)nc2)nnc1N1CCN(c2ccc(C#N)cn2)CC1. The highest BCUT2D eigenvalue weighted by Crippen LogP contribution is 2.23. The van der Waals surface area contributed by atoms with E-state index in [1.54, 1.807) is 24.5 Å². The highest BCUT2D eigenvalue weighted by molar-refractivity contribution is 6.29. The van der Waals surface area contributed by atoms with Crippen LogP contribution in [0.4, 0.5) is 11.8 Å². The predicted molar refractivity (Wildman–Crippen MR) is 103 cm³/mol. The Balaban J connectivity index is 1.47. The Morgan fingerprint density at radius 3 is 2.37 bits per heavy atom. The first-order valence-corrected chi connectivity index (χ1v) is 8.91. The van der Waals surface area contributed by atoms with Gasteiger partial charge in [-0.3, -0.25) is 4.57 Å². The van der Waals surface area contributed by atoms with Gasteiger partial charge in [0.05, 0.1) is 5.56 Å². The van der Waals surface area contributed by atoms with E-state index in [-0.39, 0.29) is 0 Å². The number of halogens is 1. The lowest BCUT2D eigenvalue weighted by molar-refractivity contribution is 0.625. The van der Waals surface area contributed by atoms with E-state index in [0.29, 0.717) is 10.7 Å².